The highest BCUT2D eigenvalue weighted by Crippen LogP contribution is 2.41. The molecule has 0 aromatic heterocycles. The van der Waals surface area contributed by atoms with E-state index in [2.05, 4.69) is 26.1 Å². The highest BCUT2D eigenvalue weighted by atomic mass is 16.5. The van der Waals surface area contributed by atoms with Crippen LogP contribution in [0.1, 0.15) is 85.0 Å². The molecule has 2 saturated carbocycles. The van der Waals surface area contributed by atoms with Crippen LogP contribution >= 0.6 is 0 Å². The van der Waals surface area contributed by atoms with E-state index in [4.69, 9.17) is 4.74 Å². The molecular weight excluding hydrogens is 258 g/mol. The largest absolute Gasteiger partial charge is 0.374 e. The van der Waals surface area contributed by atoms with Crippen molar-refractivity contribution in [2.45, 2.75) is 96.6 Å². The van der Waals surface area contributed by atoms with Gasteiger partial charge < -0.3 is 10.1 Å². The Morgan fingerprint density at radius 1 is 1.14 bits per heavy atom. The van der Waals surface area contributed by atoms with Crippen LogP contribution in [0.25, 0.3) is 0 Å². The molecule has 0 aromatic rings. The van der Waals surface area contributed by atoms with Crippen LogP contribution in [0.4, 0.5) is 0 Å². The first-order chi connectivity index (χ1) is 10.2. The molecule has 2 nitrogen and oxygen atoms in total. The Morgan fingerprint density at radius 3 is 2.52 bits per heavy atom. The molecule has 3 unspecified atom stereocenters. The van der Waals surface area contributed by atoms with Gasteiger partial charge in [-0.1, -0.05) is 52.4 Å². The first-order valence-electron chi connectivity index (χ1n) is 9.57. The molecule has 0 heterocycles. The van der Waals surface area contributed by atoms with Gasteiger partial charge in [-0.25, -0.2) is 0 Å². The molecular formula is C19H37NO. The van der Waals surface area contributed by atoms with Gasteiger partial charge in [0.15, 0.2) is 0 Å². The van der Waals surface area contributed by atoms with Crippen LogP contribution in [0.5, 0.6) is 0 Å². The lowest BCUT2D eigenvalue weighted by Crippen LogP contribution is -2.55. The number of ether oxygens (including phenoxy) is 1. The van der Waals surface area contributed by atoms with E-state index in [1.807, 2.05) is 0 Å². The SMILES string of the molecule is CCCNC(CC1CCCC1)C1(OCC)CCCC(C)C1. The highest BCUT2D eigenvalue weighted by Gasteiger charge is 2.43. The lowest BCUT2D eigenvalue weighted by atomic mass is 9.72. The predicted molar refractivity (Wildman–Crippen MR) is 90.6 cm³/mol. The summed E-state index contributed by atoms with van der Waals surface area (Å²) in [7, 11) is 0. The third kappa shape index (κ3) is 4.69. The average Bonchev–Trinajstić information content (AvgIpc) is 2.96. The first-order valence-corrected chi connectivity index (χ1v) is 9.57. The third-order valence-corrected chi connectivity index (χ3v) is 5.74. The van der Waals surface area contributed by atoms with Crippen LogP contribution < -0.4 is 5.32 Å². The second-order valence-corrected chi connectivity index (χ2v) is 7.59. The zero-order valence-electron chi connectivity index (χ0n) is 14.6. The van der Waals surface area contributed by atoms with Crippen LogP contribution in [0, 0.1) is 11.8 Å². The molecule has 2 fully saturated rings. The van der Waals surface area contributed by atoms with Crippen LogP contribution in [-0.4, -0.2) is 24.8 Å². The molecule has 21 heavy (non-hydrogen) atoms. The van der Waals surface area contributed by atoms with Crippen molar-refractivity contribution in [2.75, 3.05) is 13.2 Å². The van der Waals surface area contributed by atoms with Crippen LogP contribution in [-0.2, 0) is 4.74 Å². The summed E-state index contributed by atoms with van der Waals surface area (Å²) in [6.07, 6.45) is 13.6. The molecule has 3 atom stereocenters. The van der Waals surface area contributed by atoms with Crippen molar-refractivity contribution in [2.24, 2.45) is 11.8 Å². The molecule has 2 heteroatoms. The van der Waals surface area contributed by atoms with Crippen molar-refractivity contribution in [3.63, 3.8) is 0 Å². The molecule has 1 N–H and O–H groups in total. The minimum Gasteiger partial charge on any atom is -0.374 e. The molecule has 0 aromatic carbocycles. The molecule has 0 saturated heterocycles. The smallest absolute Gasteiger partial charge is 0.0837 e. The van der Waals surface area contributed by atoms with Crippen LogP contribution in [0.3, 0.4) is 0 Å². The van der Waals surface area contributed by atoms with Crippen molar-refractivity contribution in [1.82, 2.24) is 5.32 Å². The van der Waals surface area contributed by atoms with Gasteiger partial charge in [0.05, 0.1) is 5.60 Å². The summed E-state index contributed by atoms with van der Waals surface area (Å²) in [6.45, 7) is 8.87. The number of rotatable bonds is 8. The van der Waals surface area contributed by atoms with E-state index in [1.54, 1.807) is 0 Å². The summed E-state index contributed by atoms with van der Waals surface area (Å²) in [5, 5.41) is 3.89. The average molecular weight is 296 g/mol. The molecule has 2 rings (SSSR count). The van der Waals surface area contributed by atoms with Crippen molar-refractivity contribution in [1.29, 1.82) is 0 Å². The molecule has 0 amide bonds. The minimum atomic E-state index is 0.115. The fourth-order valence-electron chi connectivity index (χ4n) is 4.76. The summed E-state index contributed by atoms with van der Waals surface area (Å²) < 4.78 is 6.45. The maximum atomic E-state index is 6.45. The number of nitrogens with one attached hydrogen (secondary N) is 1. The first kappa shape index (κ1) is 17.3. The zero-order chi connectivity index (χ0) is 15.1. The molecule has 0 bridgehead atoms. The molecule has 2 aliphatic carbocycles. The van der Waals surface area contributed by atoms with Crippen molar-refractivity contribution in [3.8, 4) is 0 Å². The van der Waals surface area contributed by atoms with Gasteiger partial charge in [-0.05, 0) is 51.0 Å². The van der Waals surface area contributed by atoms with Gasteiger partial charge in [-0.15, -0.1) is 0 Å². The van der Waals surface area contributed by atoms with E-state index in [9.17, 15) is 0 Å². The summed E-state index contributed by atoms with van der Waals surface area (Å²) in [4.78, 5) is 0. The van der Waals surface area contributed by atoms with Gasteiger partial charge in [0, 0.05) is 12.6 Å². The molecule has 2 aliphatic rings. The van der Waals surface area contributed by atoms with Gasteiger partial charge in [-0.3, -0.25) is 0 Å². The Hall–Kier alpha value is -0.0800. The van der Waals surface area contributed by atoms with Gasteiger partial charge >= 0.3 is 0 Å². The topological polar surface area (TPSA) is 21.3 Å². The van der Waals surface area contributed by atoms with Crippen LogP contribution in [0.2, 0.25) is 0 Å². The molecule has 124 valence electrons. The fraction of sp³-hybridized carbons (Fsp3) is 1.00. The van der Waals surface area contributed by atoms with E-state index in [-0.39, 0.29) is 5.60 Å². The predicted octanol–water partition coefficient (Wildman–Crippen LogP) is 4.92. The van der Waals surface area contributed by atoms with E-state index in [0.29, 0.717) is 6.04 Å². The Bertz CT molecular complexity index is 283. The number of hydrogen-bond acceptors (Lipinski definition) is 2. The van der Waals surface area contributed by atoms with Crippen LogP contribution in [0.15, 0.2) is 0 Å². The van der Waals surface area contributed by atoms with Gasteiger partial charge in [-0.2, -0.15) is 0 Å². The highest BCUT2D eigenvalue weighted by molar-refractivity contribution is 4.98. The van der Waals surface area contributed by atoms with E-state index >= 15 is 0 Å². The maximum absolute atomic E-state index is 6.45. The quantitative estimate of drug-likeness (QED) is 0.686. The Labute approximate surface area is 132 Å². The minimum absolute atomic E-state index is 0.115. The summed E-state index contributed by atoms with van der Waals surface area (Å²) >= 11 is 0. The summed E-state index contributed by atoms with van der Waals surface area (Å²) in [5.74, 6) is 1.76. The number of hydrogen-bond donors (Lipinski definition) is 1. The Morgan fingerprint density at radius 2 is 1.90 bits per heavy atom. The molecule has 0 spiro atoms. The fourth-order valence-corrected chi connectivity index (χ4v) is 4.76. The Balaban J connectivity index is 2.08. The molecule has 0 radical (unpaired) electrons. The maximum Gasteiger partial charge on any atom is 0.0837 e. The van der Waals surface area contributed by atoms with Gasteiger partial charge in [0.2, 0.25) is 0 Å². The van der Waals surface area contributed by atoms with E-state index in [1.165, 1.54) is 64.2 Å². The van der Waals surface area contributed by atoms with Crippen molar-refractivity contribution in [3.05, 3.63) is 0 Å². The van der Waals surface area contributed by atoms with E-state index in [0.717, 1.165) is 25.0 Å². The standard InChI is InChI=1S/C19H37NO/c1-4-13-20-18(14-17-10-6-7-11-17)19(21-5-2)12-8-9-16(3)15-19/h16-18,20H,4-15H2,1-3H3. The van der Waals surface area contributed by atoms with Crippen molar-refractivity contribution < 1.29 is 4.74 Å². The van der Waals surface area contributed by atoms with Gasteiger partial charge in [0.25, 0.3) is 0 Å². The molecule has 0 aliphatic heterocycles. The normalized spacial score (nSPS) is 32.4. The zero-order valence-corrected chi connectivity index (χ0v) is 14.6. The van der Waals surface area contributed by atoms with Crippen molar-refractivity contribution >= 4 is 0 Å². The second kappa shape index (κ2) is 8.53. The monoisotopic (exact) mass is 295 g/mol. The van der Waals surface area contributed by atoms with Gasteiger partial charge in [0.1, 0.15) is 0 Å². The lowest BCUT2D eigenvalue weighted by Gasteiger charge is -2.46. The third-order valence-electron chi connectivity index (χ3n) is 5.74. The lowest BCUT2D eigenvalue weighted by molar-refractivity contribution is -0.104. The Kier molecular flexibility index (Phi) is 7.01. The summed E-state index contributed by atoms with van der Waals surface area (Å²) in [5.41, 5.74) is 0.115. The van der Waals surface area contributed by atoms with E-state index < -0.39 is 0 Å². The second-order valence-electron chi connectivity index (χ2n) is 7.59. The summed E-state index contributed by atoms with van der Waals surface area (Å²) in [6, 6.07) is 0.572.